The summed E-state index contributed by atoms with van der Waals surface area (Å²) in [7, 11) is 0. The molecule has 1 aliphatic rings. The van der Waals surface area contributed by atoms with E-state index in [1.54, 1.807) is 35.3 Å². The van der Waals surface area contributed by atoms with Crippen molar-refractivity contribution in [2.45, 2.75) is 25.4 Å². The van der Waals surface area contributed by atoms with Crippen molar-refractivity contribution in [2.24, 2.45) is 0 Å². The van der Waals surface area contributed by atoms with Crippen LogP contribution >= 0.6 is 0 Å². The fourth-order valence-corrected chi connectivity index (χ4v) is 3.39. The number of phenolic OH excluding ortho intramolecular Hbond substituents is 1. The number of nitrogens with one attached hydrogen (secondary N) is 2. The van der Waals surface area contributed by atoms with Crippen LogP contribution in [0.3, 0.4) is 0 Å². The third-order valence-electron chi connectivity index (χ3n) is 4.78. The molecule has 1 unspecified atom stereocenters. The number of phenols is 1. The van der Waals surface area contributed by atoms with Gasteiger partial charge in [0.15, 0.2) is 0 Å². The molecule has 0 spiro atoms. The number of carbonyl (C=O) groups excluding carboxylic acids is 2. The molecule has 0 saturated carbocycles. The maximum atomic E-state index is 12.3. The van der Waals surface area contributed by atoms with Crippen molar-refractivity contribution in [3.05, 3.63) is 71.8 Å². The largest absolute Gasteiger partial charge is 0.508 e. The Bertz CT molecular complexity index is 999. The first-order chi connectivity index (χ1) is 13.6. The van der Waals surface area contributed by atoms with Gasteiger partial charge in [0.05, 0.1) is 12.6 Å². The highest BCUT2D eigenvalue weighted by molar-refractivity contribution is 6.39. The Balaban J connectivity index is 1.35. The van der Waals surface area contributed by atoms with Crippen molar-refractivity contribution in [1.29, 1.82) is 0 Å². The molecular weight excluding hydrogens is 358 g/mol. The zero-order valence-electron chi connectivity index (χ0n) is 15.0. The number of nitrogens with zero attached hydrogens (tertiary/aromatic N) is 3. The highest BCUT2D eigenvalue weighted by atomic mass is 16.3. The zero-order chi connectivity index (χ0) is 19.5. The van der Waals surface area contributed by atoms with Crippen LogP contribution in [0.4, 0.5) is 5.69 Å². The summed E-state index contributed by atoms with van der Waals surface area (Å²) in [4.78, 5) is 28.4. The van der Waals surface area contributed by atoms with E-state index in [0.29, 0.717) is 25.1 Å². The highest BCUT2D eigenvalue weighted by Crippen LogP contribution is 2.36. The molecule has 2 aromatic carbocycles. The molecule has 0 radical (unpaired) electrons. The van der Waals surface area contributed by atoms with E-state index in [4.69, 9.17) is 0 Å². The topological polar surface area (TPSA) is 109 Å². The quantitative estimate of drug-likeness (QED) is 0.601. The summed E-state index contributed by atoms with van der Waals surface area (Å²) in [6, 6.07) is 12.1. The van der Waals surface area contributed by atoms with Crippen molar-refractivity contribution in [1.82, 2.24) is 20.1 Å². The number of amides is 2. The van der Waals surface area contributed by atoms with E-state index in [0.717, 1.165) is 16.7 Å². The van der Waals surface area contributed by atoms with Gasteiger partial charge in [-0.2, -0.15) is 5.10 Å². The molecule has 3 aromatic rings. The molecule has 28 heavy (non-hydrogen) atoms. The molecule has 0 saturated heterocycles. The Morgan fingerprint density at radius 1 is 1.14 bits per heavy atom. The van der Waals surface area contributed by atoms with Crippen LogP contribution in [-0.2, 0) is 22.6 Å². The van der Waals surface area contributed by atoms with E-state index in [2.05, 4.69) is 20.7 Å². The van der Waals surface area contributed by atoms with E-state index in [9.17, 15) is 14.7 Å². The van der Waals surface area contributed by atoms with Gasteiger partial charge in [-0.3, -0.25) is 9.59 Å². The number of aromatic hydroxyl groups is 1. The standard InChI is InChI=1S/C20H19N5O3/c26-18-3-1-2-15-16(18)8-9-17(15)24-20(28)19(27)23-14-6-4-13(5-7-14)10-25-12-21-11-22-25/h1-7,11-12,17,26H,8-10H2,(H,23,27)(H,24,28). The van der Waals surface area contributed by atoms with Crippen LogP contribution in [-0.4, -0.2) is 31.7 Å². The minimum Gasteiger partial charge on any atom is -0.508 e. The Morgan fingerprint density at radius 2 is 1.96 bits per heavy atom. The van der Waals surface area contributed by atoms with Gasteiger partial charge in [-0.25, -0.2) is 9.67 Å². The molecule has 0 aliphatic heterocycles. The first-order valence-electron chi connectivity index (χ1n) is 8.94. The maximum absolute atomic E-state index is 12.3. The molecule has 142 valence electrons. The van der Waals surface area contributed by atoms with Gasteiger partial charge < -0.3 is 15.7 Å². The minimum atomic E-state index is -0.724. The molecule has 3 N–H and O–H groups in total. The molecule has 1 atom stereocenters. The third-order valence-corrected chi connectivity index (χ3v) is 4.78. The number of anilines is 1. The molecule has 4 rings (SSSR count). The van der Waals surface area contributed by atoms with Gasteiger partial charge in [-0.1, -0.05) is 24.3 Å². The SMILES string of the molecule is O=C(Nc1ccc(Cn2cncn2)cc1)C(=O)NC1CCc2c(O)cccc21. The van der Waals surface area contributed by atoms with Gasteiger partial charge in [0, 0.05) is 5.69 Å². The van der Waals surface area contributed by atoms with E-state index in [1.165, 1.54) is 6.33 Å². The van der Waals surface area contributed by atoms with Crippen molar-refractivity contribution in [3.63, 3.8) is 0 Å². The molecule has 1 aromatic heterocycles. The Labute approximate surface area is 161 Å². The fraction of sp³-hybridized carbons (Fsp3) is 0.200. The van der Waals surface area contributed by atoms with E-state index in [1.807, 2.05) is 18.2 Å². The van der Waals surface area contributed by atoms with Gasteiger partial charge in [-0.05, 0) is 47.7 Å². The molecule has 1 aliphatic carbocycles. The van der Waals surface area contributed by atoms with Crippen LogP contribution in [0.15, 0.2) is 55.1 Å². The van der Waals surface area contributed by atoms with Crippen molar-refractivity contribution < 1.29 is 14.7 Å². The summed E-state index contributed by atoms with van der Waals surface area (Å²) < 4.78 is 1.69. The number of rotatable bonds is 4. The smallest absolute Gasteiger partial charge is 0.313 e. The minimum absolute atomic E-state index is 0.227. The van der Waals surface area contributed by atoms with E-state index >= 15 is 0 Å². The Morgan fingerprint density at radius 3 is 2.71 bits per heavy atom. The average Bonchev–Trinajstić information content (AvgIpc) is 3.34. The molecule has 0 fully saturated rings. The van der Waals surface area contributed by atoms with Crippen LogP contribution in [0.2, 0.25) is 0 Å². The highest BCUT2D eigenvalue weighted by Gasteiger charge is 2.27. The van der Waals surface area contributed by atoms with Crippen LogP contribution in [0.5, 0.6) is 5.75 Å². The van der Waals surface area contributed by atoms with Crippen molar-refractivity contribution in [2.75, 3.05) is 5.32 Å². The second-order valence-electron chi connectivity index (χ2n) is 6.65. The van der Waals surface area contributed by atoms with Crippen LogP contribution in [0, 0.1) is 0 Å². The summed E-state index contributed by atoms with van der Waals surface area (Å²) in [5.41, 5.74) is 3.22. The first-order valence-corrected chi connectivity index (χ1v) is 8.94. The molecule has 8 heteroatoms. The van der Waals surface area contributed by atoms with E-state index in [-0.39, 0.29) is 11.8 Å². The van der Waals surface area contributed by atoms with Gasteiger partial charge in [0.25, 0.3) is 0 Å². The normalized spacial score (nSPS) is 15.1. The molecule has 1 heterocycles. The lowest BCUT2D eigenvalue weighted by atomic mass is 10.1. The number of hydrogen-bond acceptors (Lipinski definition) is 5. The second kappa shape index (κ2) is 7.51. The number of benzene rings is 2. The lowest BCUT2D eigenvalue weighted by Gasteiger charge is -2.14. The lowest BCUT2D eigenvalue weighted by molar-refractivity contribution is -0.136. The van der Waals surface area contributed by atoms with Crippen LogP contribution in [0.1, 0.15) is 29.2 Å². The average molecular weight is 377 g/mol. The number of aromatic nitrogens is 3. The van der Waals surface area contributed by atoms with Gasteiger partial charge in [-0.15, -0.1) is 0 Å². The first kappa shape index (κ1) is 17.7. The molecule has 0 bridgehead atoms. The van der Waals surface area contributed by atoms with Gasteiger partial charge in [0.2, 0.25) is 0 Å². The van der Waals surface area contributed by atoms with Crippen LogP contribution < -0.4 is 10.6 Å². The monoisotopic (exact) mass is 377 g/mol. The summed E-state index contributed by atoms with van der Waals surface area (Å²) >= 11 is 0. The Kier molecular flexibility index (Phi) is 4.76. The van der Waals surface area contributed by atoms with Crippen LogP contribution in [0.25, 0.3) is 0 Å². The fourth-order valence-electron chi connectivity index (χ4n) is 3.39. The number of carbonyl (C=O) groups is 2. The summed E-state index contributed by atoms with van der Waals surface area (Å²) in [5.74, 6) is -1.20. The molecule has 8 nitrogen and oxygen atoms in total. The predicted molar refractivity (Wildman–Crippen MR) is 102 cm³/mol. The zero-order valence-corrected chi connectivity index (χ0v) is 15.0. The summed E-state index contributed by atoms with van der Waals surface area (Å²) in [5, 5.41) is 19.3. The maximum Gasteiger partial charge on any atom is 0.313 e. The van der Waals surface area contributed by atoms with Gasteiger partial charge in [0.1, 0.15) is 18.4 Å². The predicted octanol–water partition coefficient (Wildman–Crippen LogP) is 1.77. The lowest BCUT2D eigenvalue weighted by Crippen LogP contribution is -2.37. The molecular formula is C20H19N5O3. The molecule has 2 amide bonds. The third kappa shape index (κ3) is 3.71. The van der Waals surface area contributed by atoms with Crippen molar-refractivity contribution >= 4 is 17.5 Å². The van der Waals surface area contributed by atoms with E-state index < -0.39 is 11.8 Å². The number of hydrogen-bond donors (Lipinski definition) is 3. The number of fused-ring (bicyclic) bond motifs is 1. The summed E-state index contributed by atoms with van der Waals surface area (Å²) in [6.45, 7) is 0.572. The Hall–Kier alpha value is -3.68. The van der Waals surface area contributed by atoms with Crippen molar-refractivity contribution in [3.8, 4) is 5.75 Å². The summed E-state index contributed by atoms with van der Waals surface area (Å²) in [6.07, 6.45) is 4.42. The second-order valence-corrected chi connectivity index (χ2v) is 6.65. The van der Waals surface area contributed by atoms with Gasteiger partial charge >= 0.3 is 11.8 Å².